The molecule has 0 saturated carbocycles. The van der Waals surface area contributed by atoms with Gasteiger partial charge in [-0.15, -0.1) is 0 Å². The zero-order valence-electron chi connectivity index (χ0n) is 18.8. The van der Waals surface area contributed by atoms with Gasteiger partial charge in [-0.2, -0.15) is 0 Å². The van der Waals surface area contributed by atoms with E-state index in [0.717, 1.165) is 0 Å². The van der Waals surface area contributed by atoms with E-state index in [0.29, 0.717) is 17.5 Å². The summed E-state index contributed by atoms with van der Waals surface area (Å²) in [5.41, 5.74) is 1.28. The summed E-state index contributed by atoms with van der Waals surface area (Å²) in [4.78, 5) is 12.7. The van der Waals surface area contributed by atoms with Crippen LogP contribution in [-0.4, -0.2) is 83.6 Å². The predicted octanol–water partition coefficient (Wildman–Crippen LogP) is 0.176. The molecular weight excluding hydrogens is 464 g/mol. The minimum Gasteiger partial charge on any atom is -0.504 e. The molecule has 6 atom stereocenters. The molecule has 0 radical (unpaired) electrons. The van der Waals surface area contributed by atoms with E-state index in [-0.39, 0.29) is 54.5 Å². The molecule has 35 heavy (non-hydrogen) atoms. The molecule has 0 aliphatic carbocycles. The van der Waals surface area contributed by atoms with Crippen molar-refractivity contribution in [3.63, 3.8) is 0 Å². The van der Waals surface area contributed by atoms with Crippen molar-refractivity contribution < 1.29 is 55.1 Å². The summed E-state index contributed by atoms with van der Waals surface area (Å²) in [7, 11) is 0. The van der Waals surface area contributed by atoms with Crippen LogP contribution in [-0.2, 0) is 27.1 Å². The summed E-state index contributed by atoms with van der Waals surface area (Å²) in [5, 5.41) is 77.8. The quantitative estimate of drug-likeness (QED) is 0.210. The molecule has 1 aliphatic rings. The third kappa shape index (κ3) is 7.04. The van der Waals surface area contributed by atoms with Crippen molar-refractivity contribution in [3.8, 4) is 23.0 Å². The van der Waals surface area contributed by atoms with Gasteiger partial charge in [0.15, 0.2) is 35.6 Å². The summed E-state index contributed by atoms with van der Waals surface area (Å²) in [6.07, 6.45) is -8.48. The molecule has 1 fully saturated rings. The zero-order valence-corrected chi connectivity index (χ0v) is 18.8. The van der Waals surface area contributed by atoms with Crippen molar-refractivity contribution in [1.82, 2.24) is 0 Å². The van der Waals surface area contributed by atoms with Crippen LogP contribution in [0, 0.1) is 0 Å². The Morgan fingerprint density at radius 2 is 1.37 bits per heavy atom. The Labute approximate surface area is 201 Å². The summed E-state index contributed by atoms with van der Waals surface area (Å²) in [5.74, 6) is -1.37. The van der Waals surface area contributed by atoms with E-state index < -0.39 is 37.0 Å². The van der Waals surface area contributed by atoms with Crippen molar-refractivity contribution in [2.45, 2.75) is 69.1 Å². The summed E-state index contributed by atoms with van der Waals surface area (Å²) < 4.78 is 10.8. The molecule has 1 heterocycles. The minimum absolute atomic E-state index is 0.0854. The van der Waals surface area contributed by atoms with E-state index in [1.807, 2.05) is 0 Å². The largest absolute Gasteiger partial charge is 0.504 e. The second kappa shape index (κ2) is 11.7. The molecule has 2 aromatic rings. The van der Waals surface area contributed by atoms with Gasteiger partial charge in [-0.3, -0.25) is 4.79 Å². The first-order chi connectivity index (χ1) is 16.5. The van der Waals surface area contributed by atoms with Gasteiger partial charge in [0.1, 0.15) is 24.1 Å². The minimum atomic E-state index is -1.80. The molecule has 192 valence electrons. The van der Waals surface area contributed by atoms with Gasteiger partial charge in [0.25, 0.3) is 0 Å². The normalized spacial score (nSPS) is 25.3. The molecule has 1 saturated heterocycles. The highest BCUT2D eigenvalue weighted by Crippen LogP contribution is 2.28. The van der Waals surface area contributed by atoms with E-state index >= 15 is 0 Å². The highest BCUT2D eigenvalue weighted by atomic mass is 16.7. The number of hydrogen-bond acceptors (Lipinski definition) is 11. The van der Waals surface area contributed by atoms with E-state index in [1.165, 1.54) is 24.3 Å². The molecule has 0 amide bonds. The number of ether oxygens (including phenoxy) is 2. The van der Waals surface area contributed by atoms with Gasteiger partial charge in [0.05, 0.1) is 6.10 Å². The number of ketones is 1. The standard InChI is InChI=1S/C24H30O11/c25-14(5-1-12-3-7-16(26)18(28)9-12)11-15(6-2-13-4-8-17(27)19(29)10-13)34-24-22(32)20(30)21(31)23(33)35-24/h3-4,7-10,15,20-24,26-33H,1-2,5-6,11H2/t15?,20-,21-,22+,23-,24+/m1/s1. The Morgan fingerprint density at radius 1 is 0.800 bits per heavy atom. The monoisotopic (exact) mass is 494 g/mol. The smallest absolute Gasteiger partial charge is 0.189 e. The van der Waals surface area contributed by atoms with Crippen molar-refractivity contribution in [3.05, 3.63) is 47.5 Å². The molecule has 11 nitrogen and oxygen atoms in total. The van der Waals surface area contributed by atoms with Gasteiger partial charge in [0.2, 0.25) is 0 Å². The molecule has 2 aromatic carbocycles. The maximum Gasteiger partial charge on any atom is 0.189 e. The Morgan fingerprint density at radius 3 is 1.94 bits per heavy atom. The van der Waals surface area contributed by atoms with E-state index in [9.17, 15) is 45.6 Å². The Kier molecular flexibility index (Phi) is 8.89. The van der Waals surface area contributed by atoms with Gasteiger partial charge in [-0.1, -0.05) is 12.1 Å². The van der Waals surface area contributed by atoms with Crippen LogP contribution in [0.25, 0.3) is 0 Å². The maximum absolute atomic E-state index is 12.7. The van der Waals surface area contributed by atoms with Crippen LogP contribution in [0.15, 0.2) is 36.4 Å². The number of aryl methyl sites for hydroxylation is 2. The fraction of sp³-hybridized carbons (Fsp3) is 0.458. The second-order valence-corrected chi connectivity index (χ2v) is 8.55. The number of phenols is 4. The lowest BCUT2D eigenvalue weighted by atomic mass is 9.99. The van der Waals surface area contributed by atoms with Crippen molar-refractivity contribution >= 4 is 5.78 Å². The van der Waals surface area contributed by atoms with Crippen LogP contribution in [0.3, 0.4) is 0 Å². The molecule has 0 spiro atoms. The Hall–Kier alpha value is -2.93. The summed E-state index contributed by atoms with van der Waals surface area (Å²) in [6.45, 7) is 0. The molecule has 0 bridgehead atoms. The van der Waals surface area contributed by atoms with Crippen LogP contribution in [0.1, 0.15) is 30.4 Å². The molecule has 3 rings (SSSR count). The zero-order chi connectivity index (χ0) is 25.7. The van der Waals surface area contributed by atoms with Gasteiger partial charge >= 0.3 is 0 Å². The average Bonchev–Trinajstić information content (AvgIpc) is 2.82. The molecule has 11 heteroatoms. The lowest BCUT2D eigenvalue weighted by molar-refractivity contribution is -0.347. The summed E-state index contributed by atoms with van der Waals surface area (Å²) in [6, 6.07) is 8.52. The van der Waals surface area contributed by atoms with E-state index in [2.05, 4.69) is 0 Å². The number of rotatable bonds is 10. The second-order valence-electron chi connectivity index (χ2n) is 8.55. The molecule has 1 aliphatic heterocycles. The number of hydrogen-bond donors (Lipinski definition) is 8. The number of benzene rings is 2. The van der Waals surface area contributed by atoms with Gasteiger partial charge in [-0.25, -0.2) is 0 Å². The van der Waals surface area contributed by atoms with Crippen LogP contribution < -0.4 is 0 Å². The molecule has 8 N–H and O–H groups in total. The topological polar surface area (TPSA) is 197 Å². The van der Waals surface area contributed by atoms with Crippen molar-refractivity contribution in [1.29, 1.82) is 0 Å². The van der Waals surface area contributed by atoms with Gasteiger partial charge in [-0.05, 0) is 54.7 Å². The number of carbonyl (C=O) groups is 1. The first-order valence-corrected chi connectivity index (χ1v) is 11.1. The van der Waals surface area contributed by atoms with Crippen LogP contribution in [0.4, 0.5) is 0 Å². The fourth-order valence-corrected chi connectivity index (χ4v) is 3.77. The SMILES string of the molecule is O=C(CCc1ccc(O)c(O)c1)CC(CCc1ccc(O)c(O)c1)O[C@H]1O[C@@H](O)[C@H](O)[C@@H](O)[C@@H]1O. The third-order valence-corrected chi connectivity index (χ3v) is 5.85. The van der Waals surface area contributed by atoms with Crippen LogP contribution in [0.2, 0.25) is 0 Å². The highest BCUT2D eigenvalue weighted by Gasteiger charge is 2.44. The number of carbonyl (C=O) groups excluding carboxylic acids is 1. The van der Waals surface area contributed by atoms with Crippen LogP contribution in [0.5, 0.6) is 23.0 Å². The van der Waals surface area contributed by atoms with E-state index in [1.54, 1.807) is 12.1 Å². The fourth-order valence-electron chi connectivity index (χ4n) is 3.77. The summed E-state index contributed by atoms with van der Waals surface area (Å²) >= 11 is 0. The number of phenolic OH excluding ortho intramolecular Hbond substituents is 4. The first kappa shape index (κ1) is 26.7. The first-order valence-electron chi connectivity index (χ1n) is 11.1. The van der Waals surface area contributed by atoms with Crippen molar-refractivity contribution in [2.75, 3.05) is 0 Å². The van der Waals surface area contributed by atoms with Crippen molar-refractivity contribution in [2.24, 2.45) is 0 Å². The lowest BCUT2D eigenvalue weighted by Crippen LogP contribution is -2.58. The lowest BCUT2D eigenvalue weighted by Gasteiger charge is -2.39. The Bertz CT molecular complexity index is 1010. The van der Waals surface area contributed by atoms with Gasteiger partial charge < -0.3 is 50.3 Å². The molecular formula is C24H30O11. The molecule has 0 aromatic heterocycles. The Balaban J connectivity index is 1.66. The van der Waals surface area contributed by atoms with Crippen LogP contribution >= 0.6 is 0 Å². The predicted molar refractivity (Wildman–Crippen MR) is 120 cm³/mol. The third-order valence-electron chi connectivity index (χ3n) is 5.85. The number of aromatic hydroxyl groups is 4. The number of aliphatic hydroxyl groups excluding tert-OH is 4. The number of aliphatic hydroxyl groups is 4. The highest BCUT2D eigenvalue weighted by molar-refractivity contribution is 5.79. The average molecular weight is 494 g/mol. The maximum atomic E-state index is 12.7. The van der Waals surface area contributed by atoms with Gasteiger partial charge in [0, 0.05) is 12.8 Å². The van der Waals surface area contributed by atoms with E-state index in [4.69, 9.17) is 9.47 Å². The molecule has 1 unspecified atom stereocenters. The number of Topliss-reactive ketones (excluding diaryl/α,β-unsaturated/α-hetero) is 1.